The highest BCUT2D eigenvalue weighted by Gasteiger charge is 2.24. The number of sulfonamides is 1. The van der Waals surface area contributed by atoms with Crippen LogP contribution in [0.3, 0.4) is 0 Å². The molecule has 2 atom stereocenters. The molecule has 0 aliphatic rings. The van der Waals surface area contributed by atoms with Crippen LogP contribution in [0.15, 0.2) is 66.8 Å². The number of rotatable bonds is 7. The van der Waals surface area contributed by atoms with E-state index in [9.17, 15) is 8.42 Å². The first-order chi connectivity index (χ1) is 9.85. The Labute approximate surface area is 127 Å². The van der Waals surface area contributed by atoms with Crippen LogP contribution in [0.2, 0.25) is 0 Å². The van der Waals surface area contributed by atoms with Gasteiger partial charge in [-0.3, -0.25) is 0 Å². The van der Waals surface area contributed by atoms with Gasteiger partial charge in [-0.25, -0.2) is 13.1 Å². The minimum Gasteiger partial charge on any atom is -0.322 e. The lowest BCUT2D eigenvalue weighted by Crippen LogP contribution is -2.42. The molecule has 114 valence electrons. The number of nitrogens with one attached hydrogen (secondary N) is 1. The molecule has 0 spiro atoms. The fourth-order valence-corrected chi connectivity index (χ4v) is 2.63. The Morgan fingerprint density at radius 3 is 2.43 bits per heavy atom. The van der Waals surface area contributed by atoms with Crippen molar-refractivity contribution in [1.82, 2.24) is 4.72 Å². The second kappa shape index (κ2) is 7.93. The largest absolute Gasteiger partial charge is 0.322 e. The van der Waals surface area contributed by atoms with Crippen molar-refractivity contribution in [1.29, 1.82) is 0 Å². The van der Waals surface area contributed by atoms with Gasteiger partial charge in [-0.2, -0.15) is 0 Å². The highest BCUT2D eigenvalue weighted by Crippen LogP contribution is 2.20. The molecule has 0 bridgehead atoms. The molecule has 5 heteroatoms. The second-order valence-corrected chi connectivity index (χ2v) is 6.54. The molecule has 21 heavy (non-hydrogen) atoms. The van der Waals surface area contributed by atoms with E-state index in [-0.39, 0.29) is 0 Å². The minimum absolute atomic E-state index is 0.510. The molecule has 0 aliphatic carbocycles. The second-order valence-electron chi connectivity index (χ2n) is 4.76. The predicted molar refractivity (Wildman–Crippen MR) is 88.2 cm³/mol. The van der Waals surface area contributed by atoms with Crippen LogP contribution in [-0.4, -0.2) is 20.7 Å². The van der Waals surface area contributed by atoms with Crippen LogP contribution in [0, 0.1) is 0 Å². The van der Waals surface area contributed by atoms with Gasteiger partial charge in [0.15, 0.2) is 0 Å². The summed E-state index contributed by atoms with van der Waals surface area (Å²) in [5, 5.41) is 0. The van der Waals surface area contributed by atoms with Gasteiger partial charge in [0, 0.05) is 0 Å². The Hall–Kier alpha value is -1.69. The van der Waals surface area contributed by atoms with Crippen molar-refractivity contribution >= 4 is 10.0 Å². The van der Waals surface area contributed by atoms with Gasteiger partial charge in [-0.05, 0) is 18.1 Å². The van der Waals surface area contributed by atoms with Crippen LogP contribution in [0.5, 0.6) is 0 Å². The van der Waals surface area contributed by atoms with Gasteiger partial charge in [0.1, 0.15) is 0 Å². The normalized spacial score (nSPS) is 15.4. The molecule has 0 saturated heterocycles. The maximum atomic E-state index is 11.6. The highest BCUT2D eigenvalue weighted by molar-refractivity contribution is 7.88. The summed E-state index contributed by atoms with van der Waals surface area (Å²) in [6.45, 7) is 5.83. The van der Waals surface area contributed by atoms with Gasteiger partial charge in [0.05, 0.1) is 18.3 Å². The molecule has 4 nitrogen and oxygen atoms in total. The van der Waals surface area contributed by atoms with Crippen molar-refractivity contribution in [3.63, 3.8) is 0 Å². The molecule has 1 aromatic carbocycles. The van der Waals surface area contributed by atoms with Crippen LogP contribution in [0.4, 0.5) is 0 Å². The van der Waals surface area contributed by atoms with Gasteiger partial charge in [-0.1, -0.05) is 61.2 Å². The van der Waals surface area contributed by atoms with E-state index in [0.717, 1.165) is 11.8 Å². The molecular formula is C16H22N2O2S. The van der Waals surface area contributed by atoms with Gasteiger partial charge in [0.2, 0.25) is 10.0 Å². The third kappa shape index (κ3) is 6.08. The van der Waals surface area contributed by atoms with Crippen molar-refractivity contribution in [2.24, 2.45) is 5.73 Å². The summed E-state index contributed by atoms with van der Waals surface area (Å²) in [7, 11) is -3.39. The van der Waals surface area contributed by atoms with Crippen LogP contribution in [0.1, 0.15) is 18.5 Å². The molecule has 3 N–H and O–H groups in total. The lowest BCUT2D eigenvalue weighted by molar-refractivity contribution is 0.538. The standard InChI is InChI=1S/C16H22N2O2S/c1-4-5-7-10-13(2)16(18-21(3,19)20)15(17)14-11-8-6-9-12-14/h4-12,15-16,18H,2,17H2,1,3H3/b5-4-,10-7-/t15-,16-/m0/s1. The fraction of sp³-hybridized carbons (Fsp3) is 0.250. The molecular weight excluding hydrogens is 284 g/mol. The summed E-state index contributed by atoms with van der Waals surface area (Å²) in [6.07, 6.45) is 8.39. The van der Waals surface area contributed by atoms with Crippen LogP contribution in [0.25, 0.3) is 0 Å². The molecule has 0 amide bonds. The van der Waals surface area contributed by atoms with Crippen molar-refractivity contribution < 1.29 is 8.42 Å². The topological polar surface area (TPSA) is 72.2 Å². The maximum Gasteiger partial charge on any atom is 0.209 e. The Bertz CT molecular complexity index is 619. The number of hydrogen-bond donors (Lipinski definition) is 2. The predicted octanol–water partition coefficient (Wildman–Crippen LogP) is 2.29. The lowest BCUT2D eigenvalue weighted by atomic mass is 9.95. The molecule has 1 rings (SSSR count). The van der Waals surface area contributed by atoms with Gasteiger partial charge in [0.25, 0.3) is 0 Å². The fourth-order valence-electron chi connectivity index (χ4n) is 1.87. The maximum absolute atomic E-state index is 11.6. The van der Waals surface area contributed by atoms with E-state index in [1.807, 2.05) is 49.4 Å². The summed E-state index contributed by atoms with van der Waals surface area (Å²) in [4.78, 5) is 0. The number of allylic oxidation sites excluding steroid dienone is 3. The smallest absolute Gasteiger partial charge is 0.209 e. The van der Waals surface area contributed by atoms with Crippen LogP contribution >= 0.6 is 0 Å². The first kappa shape index (κ1) is 17.4. The van der Waals surface area contributed by atoms with Gasteiger partial charge in [-0.15, -0.1) is 0 Å². The first-order valence-corrected chi connectivity index (χ1v) is 8.50. The van der Waals surface area contributed by atoms with E-state index in [1.165, 1.54) is 0 Å². The third-order valence-electron chi connectivity index (χ3n) is 2.90. The van der Waals surface area contributed by atoms with Crippen molar-refractivity contribution in [3.8, 4) is 0 Å². The number of hydrogen-bond acceptors (Lipinski definition) is 3. The van der Waals surface area contributed by atoms with Crippen molar-refractivity contribution in [2.45, 2.75) is 19.0 Å². The summed E-state index contributed by atoms with van der Waals surface area (Å²) in [5.41, 5.74) is 7.66. The minimum atomic E-state index is -3.39. The first-order valence-electron chi connectivity index (χ1n) is 6.61. The zero-order valence-electron chi connectivity index (χ0n) is 12.4. The Kier molecular flexibility index (Phi) is 6.55. The van der Waals surface area contributed by atoms with Crippen molar-refractivity contribution in [3.05, 3.63) is 72.4 Å². The van der Waals surface area contributed by atoms with E-state index in [0.29, 0.717) is 5.57 Å². The lowest BCUT2D eigenvalue weighted by Gasteiger charge is -2.25. The van der Waals surface area contributed by atoms with Gasteiger partial charge >= 0.3 is 0 Å². The number of benzene rings is 1. The Morgan fingerprint density at radius 2 is 1.90 bits per heavy atom. The average molecular weight is 306 g/mol. The zero-order valence-corrected chi connectivity index (χ0v) is 13.2. The molecule has 1 aromatic rings. The van der Waals surface area contributed by atoms with E-state index >= 15 is 0 Å². The SMILES string of the molecule is C=C(/C=C\C=C/C)[C@H](NS(C)(=O)=O)[C@@H](N)c1ccccc1. The van der Waals surface area contributed by atoms with E-state index < -0.39 is 22.1 Å². The van der Waals surface area contributed by atoms with Crippen molar-refractivity contribution in [2.75, 3.05) is 6.26 Å². The summed E-state index contributed by atoms with van der Waals surface area (Å²) >= 11 is 0. The molecule has 0 fully saturated rings. The Balaban J connectivity index is 3.05. The Morgan fingerprint density at radius 1 is 1.29 bits per heavy atom. The average Bonchev–Trinajstić information content (AvgIpc) is 2.44. The highest BCUT2D eigenvalue weighted by atomic mass is 32.2. The van der Waals surface area contributed by atoms with Gasteiger partial charge < -0.3 is 5.73 Å². The molecule has 0 unspecified atom stereocenters. The number of nitrogens with two attached hydrogens (primary N) is 1. The third-order valence-corrected chi connectivity index (χ3v) is 3.58. The summed E-state index contributed by atoms with van der Waals surface area (Å²) < 4.78 is 25.7. The van der Waals surface area contributed by atoms with Crippen LogP contribution in [-0.2, 0) is 10.0 Å². The molecule has 0 heterocycles. The van der Waals surface area contributed by atoms with E-state index in [1.54, 1.807) is 12.2 Å². The monoisotopic (exact) mass is 306 g/mol. The zero-order chi connectivity index (χ0) is 15.9. The quantitative estimate of drug-likeness (QED) is 0.759. The molecule has 0 aromatic heterocycles. The molecule has 0 saturated carbocycles. The molecule has 0 radical (unpaired) electrons. The molecule has 0 aliphatic heterocycles. The summed E-state index contributed by atoms with van der Waals surface area (Å²) in [6, 6.07) is 8.24. The van der Waals surface area contributed by atoms with Crippen LogP contribution < -0.4 is 10.5 Å². The summed E-state index contributed by atoms with van der Waals surface area (Å²) in [5.74, 6) is 0. The van der Waals surface area contributed by atoms with E-state index in [4.69, 9.17) is 5.73 Å². The van der Waals surface area contributed by atoms with E-state index in [2.05, 4.69) is 11.3 Å².